The Bertz CT molecular complexity index is 879. The molecule has 0 aromatic rings. The molecule has 3 fully saturated rings. The number of ether oxygens (including phenoxy) is 5. The third kappa shape index (κ3) is 13.1. The lowest BCUT2D eigenvalue weighted by Gasteiger charge is -2.24. The van der Waals surface area contributed by atoms with E-state index in [0.29, 0.717) is 24.9 Å². The molecule has 0 aromatic carbocycles. The van der Waals surface area contributed by atoms with E-state index in [2.05, 4.69) is 6.92 Å². The highest BCUT2D eigenvalue weighted by Gasteiger charge is 2.39. The Kier molecular flexibility index (Phi) is 17.4. The van der Waals surface area contributed by atoms with Crippen LogP contribution in [-0.4, -0.2) is 77.9 Å². The first kappa shape index (κ1) is 37.8. The zero-order chi connectivity index (χ0) is 32.6. The summed E-state index contributed by atoms with van der Waals surface area (Å²) in [5.41, 5.74) is 0.619. The summed E-state index contributed by atoms with van der Waals surface area (Å²) in [6.45, 7) is 4.39. The van der Waals surface area contributed by atoms with Crippen molar-refractivity contribution in [3.63, 3.8) is 0 Å². The molecule has 0 spiro atoms. The van der Waals surface area contributed by atoms with Crippen LogP contribution in [-0.2, 0) is 28.5 Å². The van der Waals surface area contributed by atoms with Gasteiger partial charge in [0, 0.05) is 12.0 Å². The number of aliphatic hydroxyl groups is 2. The Labute approximate surface area is 279 Å². The summed E-state index contributed by atoms with van der Waals surface area (Å²) in [5, 5.41) is 21.0. The van der Waals surface area contributed by atoms with Gasteiger partial charge in [0.25, 0.3) is 0 Å². The molecule has 0 saturated carbocycles. The van der Waals surface area contributed by atoms with Gasteiger partial charge >= 0.3 is 5.97 Å². The van der Waals surface area contributed by atoms with Crippen LogP contribution in [0.4, 0.5) is 0 Å². The molecule has 0 unspecified atom stereocenters. The summed E-state index contributed by atoms with van der Waals surface area (Å²) in [6, 6.07) is 0. The summed E-state index contributed by atoms with van der Waals surface area (Å²) in [4.78, 5) is 11.7. The van der Waals surface area contributed by atoms with Crippen molar-refractivity contribution < 1.29 is 38.7 Å². The van der Waals surface area contributed by atoms with E-state index in [1.54, 1.807) is 0 Å². The number of cyclic esters (lactones) is 1. The zero-order valence-electron chi connectivity index (χ0n) is 29.1. The molecule has 0 aliphatic carbocycles. The molecule has 0 aromatic heterocycles. The highest BCUT2D eigenvalue weighted by Crippen LogP contribution is 2.34. The van der Waals surface area contributed by atoms with E-state index in [1.807, 2.05) is 13.0 Å². The highest BCUT2D eigenvalue weighted by atomic mass is 16.7. The first-order valence-corrected chi connectivity index (χ1v) is 19.2. The molecule has 46 heavy (non-hydrogen) atoms. The maximum atomic E-state index is 11.7. The zero-order valence-corrected chi connectivity index (χ0v) is 29.1. The van der Waals surface area contributed by atoms with Gasteiger partial charge in [0.15, 0.2) is 0 Å². The fraction of sp³-hybridized carbons (Fsp3) is 0.921. The van der Waals surface area contributed by atoms with Gasteiger partial charge in [-0.2, -0.15) is 0 Å². The molecule has 4 rings (SSSR count). The van der Waals surface area contributed by atoms with Gasteiger partial charge in [0.1, 0.15) is 12.9 Å². The fourth-order valence-corrected chi connectivity index (χ4v) is 7.85. The SMILES string of the molecule is CCCCCCCCCC[C@@H](O)[C@H]1CC[C@H]([C@H]2CC[C@@H]([C@@H]3CC[C@@H](CCCCCCC[C@@H](O)CC4=C[C@H](C)OC4=O)O3)OCO2)O1. The van der Waals surface area contributed by atoms with Crippen molar-refractivity contribution in [2.45, 2.75) is 216 Å². The smallest absolute Gasteiger partial charge is 0.334 e. The van der Waals surface area contributed by atoms with Gasteiger partial charge in [-0.05, 0) is 70.8 Å². The summed E-state index contributed by atoms with van der Waals surface area (Å²) in [5.74, 6) is -0.279. The lowest BCUT2D eigenvalue weighted by atomic mass is 9.98. The van der Waals surface area contributed by atoms with Crippen LogP contribution < -0.4 is 0 Å². The van der Waals surface area contributed by atoms with Crippen LogP contribution in [0.25, 0.3) is 0 Å². The van der Waals surface area contributed by atoms with E-state index >= 15 is 0 Å². The average molecular weight is 651 g/mol. The molecule has 4 heterocycles. The van der Waals surface area contributed by atoms with Crippen molar-refractivity contribution >= 4 is 5.97 Å². The molecule has 9 atom stereocenters. The minimum Gasteiger partial charge on any atom is -0.455 e. The lowest BCUT2D eigenvalue weighted by molar-refractivity contribution is -0.154. The summed E-state index contributed by atoms with van der Waals surface area (Å²) >= 11 is 0. The van der Waals surface area contributed by atoms with Crippen molar-refractivity contribution in [3.05, 3.63) is 11.6 Å². The predicted molar refractivity (Wildman–Crippen MR) is 179 cm³/mol. The quantitative estimate of drug-likeness (QED) is 0.0902. The number of rotatable bonds is 22. The van der Waals surface area contributed by atoms with E-state index in [9.17, 15) is 15.0 Å². The van der Waals surface area contributed by atoms with Gasteiger partial charge in [-0.3, -0.25) is 0 Å². The number of aliphatic hydroxyl groups excluding tert-OH is 2. The third-order valence-corrected chi connectivity index (χ3v) is 10.6. The monoisotopic (exact) mass is 650 g/mol. The van der Waals surface area contributed by atoms with Gasteiger partial charge in [0.05, 0.1) is 48.8 Å². The van der Waals surface area contributed by atoms with Crippen molar-refractivity contribution in [2.75, 3.05) is 6.79 Å². The number of carbonyl (C=O) groups is 1. The van der Waals surface area contributed by atoms with E-state index in [4.69, 9.17) is 23.7 Å². The third-order valence-electron chi connectivity index (χ3n) is 10.6. The second-order valence-electron chi connectivity index (χ2n) is 14.6. The molecule has 266 valence electrons. The number of unbranched alkanes of at least 4 members (excludes halogenated alkanes) is 11. The minimum absolute atomic E-state index is 0.0311. The Balaban J connectivity index is 1.01. The normalized spacial score (nSPS) is 31.5. The topological polar surface area (TPSA) is 104 Å². The van der Waals surface area contributed by atoms with Gasteiger partial charge in [-0.1, -0.05) is 90.4 Å². The second kappa shape index (κ2) is 21.1. The first-order valence-electron chi connectivity index (χ1n) is 19.2. The maximum Gasteiger partial charge on any atom is 0.334 e. The fourth-order valence-electron chi connectivity index (χ4n) is 7.85. The summed E-state index contributed by atoms with van der Waals surface area (Å²) in [7, 11) is 0. The van der Waals surface area contributed by atoms with E-state index in [1.165, 1.54) is 57.8 Å². The van der Waals surface area contributed by atoms with E-state index in [0.717, 1.165) is 83.5 Å². The standard InChI is InChI=1S/C38H66O8/c1-3-4-5-6-7-8-12-15-18-32(40)33-21-24-37(46-33)35-23-22-34(42-27-43-35)36-20-19-31(45-36)17-14-11-9-10-13-16-30(39)26-29-25-28(2)44-38(29)41/h25,28,30-37,39-40H,3-24,26-27H2,1-2H3/t28-,30+,31+,32+,33+,34-,35+,36-,37+/m0/s1. The van der Waals surface area contributed by atoms with Crippen LogP contribution in [0.1, 0.15) is 162 Å². The average Bonchev–Trinajstić information content (AvgIpc) is 3.75. The Hall–Kier alpha value is -1.03. The number of carbonyl (C=O) groups excluding carboxylic acids is 1. The molecule has 0 radical (unpaired) electrons. The molecule has 4 aliphatic heterocycles. The minimum atomic E-state index is -0.468. The molecule has 0 bridgehead atoms. The number of hydrogen-bond acceptors (Lipinski definition) is 8. The van der Waals surface area contributed by atoms with Gasteiger partial charge < -0.3 is 33.9 Å². The maximum absolute atomic E-state index is 11.7. The molecule has 8 heteroatoms. The van der Waals surface area contributed by atoms with Crippen LogP contribution in [0, 0.1) is 0 Å². The molecule has 3 saturated heterocycles. The van der Waals surface area contributed by atoms with Crippen LogP contribution in [0.5, 0.6) is 0 Å². The van der Waals surface area contributed by atoms with Crippen LogP contribution in [0.2, 0.25) is 0 Å². The van der Waals surface area contributed by atoms with Gasteiger partial charge in [-0.15, -0.1) is 0 Å². The Morgan fingerprint density at radius 1 is 0.717 bits per heavy atom. The van der Waals surface area contributed by atoms with Gasteiger partial charge in [0.2, 0.25) is 0 Å². The predicted octanol–water partition coefficient (Wildman–Crippen LogP) is 7.85. The number of esters is 1. The first-order chi connectivity index (χ1) is 22.4. The van der Waals surface area contributed by atoms with Gasteiger partial charge in [-0.25, -0.2) is 4.79 Å². The lowest BCUT2D eigenvalue weighted by Crippen LogP contribution is -2.32. The number of hydrogen-bond donors (Lipinski definition) is 2. The molecule has 2 N–H and O–H groups in total. The van der Waals surface area contributed by atoms with Crippen LogP contribution in [0.3, 0.4) is 0 Å². The molecule has 4 aliphatic rings. The Morgan fingerprint density at radius 2 is 1.30 bits per heavy atom. The molecular weight excluding hydrogens is 584 g/mol. The largest absolute Gasteiger partial charge is 0.455 e. The Morgan fingerprint density at radius 3 is 1.98 bits per heavy atom. The van der Waals surface area contributed by atoms with Crippen molar-refractivity contribution in [2.24, 2.45) is 0 Å². The van der Waals surface area contributed by atoms with Crippen LogP contribution in [0.15, 0.2) is 11.6 Å². The second-order valence-corrected chi connectivity index (χ2v) is 14.6. The highest BCUT2D eigenvalue weighted by molar-refractivity contribution is 5.90. The summed E-state index contributed by atoms with van der Waals surface area (Å²) in [6.07, 6.45) is 26.1. The summed E-state index contributed by atoms with van der Waals surface area (Å²) < 4.78 is 30.2. The molecule has 0 amide bonds. The van der Waals surface area contributed by atoms with E-state index in [-0.39, 0.29) is 48.7 Å². The molecule has 8 nitrogen and oxygen atoms in total. The van der Waals surface area contributed by atoms with Crippen molar-refractivity contribution in [3.8, 4) is 0 Å². The molecular formula is C38H66O8. The van der Waals surface area contributed by atoms with Crippen molar-refractivity contribution in [1.82, 2.24) is 0 Å². The van der Waals surface area contributed by atoms with Crippen LogP contribution >= 0.6 is 0 Å². The van der Waals surface area contributed by atoms with Crippen molar-refractivity contribution in [1.29, 1.82) is 0 Å². The van der Waals surface area contributed by atoms with E-state index < -0.39 is 6.10 Å².